The standard InChI is InChI=1S/C14H14N2O2S/c1-10-7-13(5-6-14(10)15)19-9-11-3-2-4-12(8-11)16(17)18/h2-8H,9,15H2,1H3. The van der Waals surface area contributed by atoms with E-state index in [0.717, 1.165) is 21.7 Å². The number of nitrogens with zero attached hydrogens (tertiary/aromatic N) is 1. The van der Waals surface area contributed by atoms with Gasteiger partial charge in [0.05, 0.1) is 4.92 Å². The van der Waals surface area contributed by atoms with Gasteiger partial charge in [-0.05, 0) is 36.2 Å². The van der Waals surface area contributed by atoms with E-state index in [4.69, 9.17) is 5.73 Å². The number of nitrogen functional groups attached to an aromatic ring is 1. The minimum absolute atomic E-state index is 0.131. The normalized spacial score (nSPS) is 10.4. The summed E-state index contributed by atoms with van der Waals surface area (Å²) in [6, 6.07) is 12.6. The van der Waals surface area contributed by atoms with Crippen LogP contribution in [0.5, 0.6) is 0 Å². The summed E-state index contributed by atoms with van der Waals surface area (Å²) < 4.78 is 0. The van der Waals surface area contributed by atoms with Gasteiger partial charge in [0, 0.05) is 28.5 Å². The predicted octanol–water partition coefficient (Wildman–Crippen LogP) is 3.78. The van der Waals surface area contributed by atoms with E-state index in [1.807, 2.05) is 31.2 Å². The third-order valence-electron chi connectivity index (χ3n) is 2.77. The molecule has 0 saturated carbocycles. The number of anilines is 1. The molecule has 2 aromatic rings. The number of hydrogen-bond donors (Lipinski definition) is 1. The fourth-order valence-electron chi connectivity index (χ4n) is 1.66. The van der Waals surface area contributed by atoms with Crippen molar-refractivity contribution in [2.24, 2.45) is 0 Å². The number of rotatable bonds is 4. The van der Waals surface area contributed by atoms with Gasteiger partial charge in [0.15, 0.2) is 0 Å². The first kappa shape index (κ1) is 13.4. The van der Waals surface area contributed by atoms with Gasteiger partial charge in [0.2, 0.25) is 0 Å². The van der Waals surface area contributed by atoms with Crippen molar-refractivity contribution in [3.8, 4) is 0 Å². The lowest BCUT2D eigenvalue weighted by Crippen LogP contribution is -1.90. The van der Waals surface area contributed by atoms with E-state index in [-0.39, 0.29) is 10.6 Å². The van der Waals surface area contributed by atoms with Crippen LogP contribution in [0, 0.1) is 17.0 Å². The van der Waals surface area contributed by atoms with Gasteiger partial charge in [-0.1, -0.05) is 12.1 Å². The Kier molecular flexibility index (Phi) is 4.06. The third kappa shape index (κ3) is 3.48. The summed E-state index contributed by atoms with van der Waals surface area (Å²) in [6.45, 7) is 1.97. The monoisotopic (exact) mass is 274 g/mol. The van der Waals surface area contributed by atoms with Crippen molar-refractivity contribution in [2.45, 2.75) is 17.6 Å². The summed E-state index contributed by atoms with van der Waals surface area (Å²) >= 11 is 1.64. The molecular formula is C14H14N2O2S. The molecule has 0 aliphatic carbocycles. The molecule has 19 heavy (non-hydrogen) atoms. The Morgan fingerprint density at radius 1 is 1.26 bits per heavy atom. The molecule has 4 nitrogen and oxygen atoms in total. The van der Waals surface area contributed by atoms with Crippen LogP contribution < -0.4 is 5.73 Å². The van der Waals surface area contributed by atoms with Gasteiger partial charge in [0.25, 0.3) is 5.69 Å². The maximum atomic E-state index is 10.7. The molecule has 0 aliphatic heterocycles. The Morgan fingerprint density at radius 3 is 2.74 bits per heavy atom. The number of non-ortho nitro benzene ring substituents is 1. The smallest absolute Gasteiger partial charge is 0.269 e. The minimum Gasteiger partial charge on any atom is -0.399 e. The van der Waals surface area contributed by atoms with Crippen LogP contribution in [-0.2, 0) is 5.75 Å². The second-order valence-electron chi connectivity index (χ2n) is 4.23. The van der Waals surface area contributed by atoms with Gasteiger partial charge in [-0.2, -0.15) is 0 Å². The third-order valence-corrected chi connectivity index (χ3v) is 3.83. The Labute approximate surface area is 115 Å². The molecule has 2 rings (SSSR count). The highest BCUT2D eigenvalue weighted by molar-refractivity contribution is 7.98. The Balaban J connectivity index is 2.07. The highest BCUT2D eigenvalue weighted by Gasteiger charge is 2.06. The highest BCUT2D eigenvalue weighted by atomic mass is 32.2. The molecule has 0 aliphatic rings. The zero-order valence-corrected chi connectivity index (χ0v) is 11.3. The average molecular weight is 274 g/mol. The second kappa shape index (κ2) is 5.75. The molecular weight excluding hydrogens is 260 g/mol. The lowest BCUT2D eigenvalue weighted by molar-refractivity contribution is -0.384. The summed E-state index contributed by atoms with van der Waals surface area (Å²) in [5.41, 5.74) is 8.66. The van der Waals surface area contributed by atoms with E-state index >= 15 is 0 Å². The zero-order chi connectivity index (χ0) is 13.8. The number of thioether (sulfide) groups is 1. The molecule has 0 amide bonds. The number of nitro groups is 1. The van der Waals surface area contributed by atoms with Gasteiger partial charge in [0.1, 0.15) is 0 Å². The first-order valence-corrected chi connectivity index (χ1v) is 6.77. The van der Waals surface area contributed by atoms with E-state index in [1.165, 1.54) is 6.07 Å². The van der Waals surface area contributed by atoms with Crippen molar-refractivity contribution in [1.82, 2.24) is 0 Å². The van der Waals surface area contributed by atoms with Gasteiger partial charge in [-0.15, -0.1) is 11.8 Å². The molecule has 2 N–H and O–H groups in total. The SMILES string of the molecule is Cc1cc(SCc2cccc([N+](=O)[O-])c2)ccc1N. The molecule has 0 saturated heterocycles. The van der Waals surface area contributed by atoms with Crippen molar-refractivity contribution in [3.63, 3.8) is 0 Å². The first-order valence-electron chi connectivity index (χ1n) is 5.78. The van der Waals surface area contributed by atoms with Crippen molar-refractivity contribution < 1.29 is 4.92 Å². The summed E-state index contributed by atoms with van der Waals surface area (Å²) in [6.07, 6.45) is 0. The van der Waals surface area contributed by atoms with E-state index in [0.29, 0.717) is 5.75 Å². The van der Waals surface area contributed by atoms with E-state index in [1.54, 1.807) is 23.9 Å². The van der Waals surface area contributed by atoms with Gasteiger partial charge in [-0.25, -0.2) is 0 Å². The quantitative estimate of drug-likeness (QED) is 0.399. The number of hydrogen-bond acceptors (Lipinski definition) is 4. The van der Waals surface area contributed by atoms with Crippen LogP contribution in [0.15, 0.2) is 47.4 Å². The maximum Gasteiger partial charge on any atom is 0.269 e. The molecule has 0 atom stereocenters. The number of benzene rings is 2. The van der Waals surface area contributed by atoms with Crippen LogP contribution in [-0.4, -0.2) is 4.92 Å². The Bertz CT molecular complexity index is 614. The van der Waals surface area contributed by atoms with Crippen LogP contribution in [0.4, 0.5) is 11.4 Å². The molecule has 0 spiro atoms. The number of aryl methyl sites for hydroxylation is 1. The van der Waals surface area contributed by atoms with Gasteiger partial charge in [-0.3, -0.25) is 10.1 Å². The average Bonchev–Trinajstić information content (AvgIpc) is 2.40. The lowest BCUT2D eigenvalue weighted by Gasteiger charge is -2.05. The van der Waals surface area contributed by atoms with Crippen LogP contribution >= 0.6 is 11.8 Å². The lowest BCUT2D eigenvalue weighted by atomic mass is 10.2. The Hall–Kier alpha value is -2.01. The van der Waals surface area contributed by atoms with Crippen molar-refractivity contribution in [2.75, 3.05) is 5.73 Å². The fourth-order valence-corrected chi connectivity index (χ4v) is 2.60. The van der Waals surface area contributed by atoms with Crippen LogP contribution in [0.3, 0.4) is 0 Å². The van der Waals surface area contributed by atoms with E-state index < -0.39 is 0 Å². The van der Waals surface area contributed by atoms with Gasteiger partial charge < -0.3 is 5.73 Å². The van der Waals surface area contributed by atoms with Gasteiger partial charge >= 0.3 is 0 Å². The molecule has 0 fully saturated rings. The molecule has 0 bridgehead atoms. The predicted molar refractivity (Wildman–Crippen MR) is 78.2 cm³/mol. The molecule has 2 aromatic carbocycles. The largest absolute Gasteiger partial charge is 0.399 e. The molecule has 5 heteroatoms. The van der Waals surface area contributed by atoms with Crippen LogP contribution in [0.25, 0.3) is 0 Å². The molecule has 0 heterocycles. The Morgan fingerprint density at radius 2 is 2.05 bits per heavy atom. The first-order chi connectivity index (χ1) is 9.06. The number of nitrogens with two attached hydrogens (primary N) is 1. The zero-order valence-electron chi connectivity index (χ0n) is 10.5. The van der Waals surface area contributed by atoms with Crippen molar-refractivity contribution in [3.05, 3.63) is 63.7 Å². The fraction of sp³-hybridized carbons (Fsp3) is 0.143. The molecule has 0 radical (unpaired) electrons. The molecule has 0 aromatic heterocycles. The van der Waals surface area contributed by atoms with Crippen LogP contribution in [0.1, 0.15) is 11.1 Å². The van der Waals surface area contributed by atoms with Crippen LogP contribution in [0.2, 0.25) is 0 Å². The second-order valence-corrected chi connectivity index (χ2v) is 5.28. The minimum atomic E-state index is -0.373. The summed E-state index contributed by atoms with van der Waals surface area (Å²) in [5.74, 6) is 0.699. The maximum absolute atomic E-state index is 10.7. The summed E-state index contributed by atoms with van der Waals surface area (Å²) in [5, 5.41) is 10.7. The summed E-state index contributed by atoms with van der Waals surface area (Å²) in [4.78, 5) is 11.4. The van der Waals surface area contributed by atoms with E-state index in [9.17, 15) is 10.1 Å². The van der Waals surface area contributed by atoms with Crippen molar-refractivity contribution in [1.29, 1.82) is 0 Å². The number of nitro benzene ring substituents is 1. The highest BCUT2D eigenvalue weighted by Crippen LogP contribution is 2.26. The summed E-state index contributed by atoms with van der Waals surface area (Å²) in [7, 11) is 0. The molecule has 98 valence electrons. The van der Waals surface area contributed by atoms with Crippen molar-refractivity contribution >= 4 is 23.1 Å². The molecule has 0 unspecified atom stereocenters. The topological polar surface area (TPSA) is 69.2 Å². The van der Waals surface area contributed by atoms with E-state index in [2.05, 4.69) is 0 Å².